The predicted molar refractivity (Wildman–Crippen MR) is 84.3 cm³/mol. The number of nitrogens with zero attached hydrogens (tertiary/aromatic N) is 1. The number of amides is 1. The topological polar surface area (TPSA) is 60.5 Å². The third kappa shape index (κ3) is 3.36. The Labute approximate surface area is 130 Å². The lowest BCUT2D eigenvalue weighted by atomic mass is 9.95. The molecule has 5 heteroatoms. The first kappa shape index (κ1) is 15.8. The third-order valence-electron chi connectivity index (χ3n) is 3.47. The highest BCUT2D eigenvalue weighted by Crippen LogP contribution is 2.28. The number of pyridine rings is 1. The quantitative estimate of drug-likeness (QED) is 0.922. The Morgan fingerprint density at radius 3 is 2.27 bits per heavy atom. The van der Waals surface area contributed by atoms with Crippen molar-refractivity contribution in [1.29, 1.82) is 0 Å². The van der Waals surface area contributed by atoms with Crippen molar-refractivity contribution in [2.75, 3.05) is 14.2 Å². The Hall–Kier alpha value is -2.56. The van der Waals surface area contributed by atoms with E-state index in [4.69, 9.17) is 9.47 Å². The van der Waals surface area contributed by atoms with Crippen molar-refractivity contribution >= 4 is 5.91 Å². The Balaban J connectivity index is 2.22. The smallest absolute Gasteiger partial charge is 0.252 e. The SMILES string of the molecule is COc1ccc(C(=O)NC(C)(C)c2ccncc2)cc1OC. The lowest BCUT2D eigenvalue weighted by molar-refractivity contribution is 0.0911. The van der Waals surface area contributed by atoms with Crippen molar-refractivity contribution in [2.45, 2.75) is 19.4 Å². The first-order valence-electron chi connectivity index (χ1n) is 6.93. The van der Waals surface area contributed by atoms with Gasteiger partial charge in [-0.25, -0.2) is 0 Å². The molecule has 2 rings (SSSR count). The summed E-state index contributed by atoms with van der Waals surface area (Å²) in [5.74, 6) is 0.937. The maximum Gasteiger partial charge on any atom is 0.252 e. The zero-order chi connectivity index (χ0) is 16.2. The first-order chi connectivity index (χ1) is 10.5. The van der Waals surface area contributed by atoms with Crippen molar-refractivity contribution in [3.8, 4) is 11.5 Å². The van der Waals surface area contributed by atoms with Crippen LogP contribution < -0.4 is 14.8 Å². The van der Waals surface area contributed by atoms with E-state index < -0.39 is 5.54 Å². The Kier molecular flexibility index (Phi) is 4.65. The highest BCUT2D eigenvalue weighted by molar-refractivity contribution is 5.95. The summed E-state index contributed by atoms with van der Waals surface area (Å²) < 4.78 is 10.4. The second-order valence-corrected chi connectivity index (χ2v) is 5.38. The molecule has 1 N–H and O–H groups in total. The average Bonchev–Trinajstić information content (AvgIpc) is 2.54. The summed E-state index contributed by atoms with van der Waals surface area (Å²) in [6.45, 7) is 3.89. The molecular weight excluding hydrogens is 280 g/mol. The van der Waals surface area contributed by atoms with Crippen LogP contribution in [-0.4, -0.2) is 25.1 Å². The highest BCUT2D eigenvalue weighted by atomic mass is 16.5. The summed E-state index contributed by atoms with van der Waals surface area (Å²) in [6, 6.07) is 8.85. The van der Waals surface area contributed by atoms with E-state index >= 15 is 0 Å². The van der Waals surface area contributed by atoms with Gasteiger partial charge in [0.25, 0.3) is 5.91 Å². The van der Waals surface area contributed by atoms with Crippen molar-refractivity contribution in [3.63, 3.8) is 0 Å². The number of carbonyl (C=O) groups excluding carboxylic acids is 1. The van der Waals surface area contributed by atoms with Gasteiger partial charge in [-0.15, -0.1) is 0 Å². The Morgan fingerprint density at radius 2 is 1.68 bits per heavy atom. The molecule has 0 aliphatic carbocycles. The zero-order valence-electron chi connectivity index (χ0n) is 13.2. The molecule has 0 aliphatic rings. The van der Waals surface area contributed by atoms with Gasteiger partial charge in [0, 0.05) is 18.0 Å². The molecule has 22 heavy (non-hydrogen) atoms. The minimum atomic E-state index is -0.507. The standard InChI is InChI=1S/C17H20N2O3/c1-17(2,13-7-9-18-10-8-13)19-16(20)12-5-6-14(21-3)15(11-12)22-4/h5-11H,1-4H3,(H,19,20). The van der Waals surface area contributed by atoms with Crippen LogP contribution in [0.2, 0.25) is 0 Å². The summed E-state index contributed by atoms with van der Waals surface area (Å²) >= 11 is 0. The number of carbonyl (C=O) groups is 1. The molecule has 0 aliphatic heterocycles. The lowest BCUT2D eigenvalue weighted by Crippen LogP contribution is -2.41. The molecule has 0 saturated carbocycles. The third-order valence-corrected chi connectivity index (χ3v) is 3.47. The monoisotopic (exact) mass is 300 g/mol. The van der Waals surface area contributed by atoms with Gasteiger partial charge in [-0.05, 0) is 49.7 Å². The van der Waals surface area contributed by atoms with Crippen molar-refractivity contribution in [2.24, 2.45) is 0 Å². The fraction of sp³-hybridized carbons (Fsp3) is 0.294. The molecular formula is C17H20N2O3. The molecule has 0 saturated heterocycles. The van der Waals surface area contributed by atoms with Gasteiger partial charge in [-0.2, -0.15) is 0 Å². The predicted octanol–water partition coefficient (Wildman–Crippen LogP) is 2.76. The molecule has 1 heterocycles. The van der Waals surface area contributed by atoms with Gasteiger partial charge in [0.15, 0.2) is 11.5 Å². The summed E-state index contributed by atoms with van der Waals surface area (Å²) in [4.78, 5) is 16.5. The molecule has 116 valence electrons. The molecule has 0 unspecified atom stereocenters. The summed E-state index contributed by atoms with van der Waals surface area (Å²) in [5, 5.41) is 3.01. The molecule has 1 aromatic heterocycles. The lowest BCUT2D eigenvalue weighted by Gasteiger charge is -2.27. The van der Waals surface area contributed by atoms with Gasteiger partial charge in [-0.1, -0.05) is 0 Å². The maximum absolute atomic E-state index is 12.5. The Bertz CT molecular complexity index is 654. The van der Waals surface area contributed by atoms with Gasteiger partial charge >= 0.3 is 0 Å². The van der Waals surface area contributed by atoms with Crippen LogP contribution >= 0.6 is 0 Å². The van der Waals surface area contributed by atoms with Crippen molar-refractivity contribution in [1.82, 2.24) is 10.3 Å². The normalized spacial score (nSPS) is 10.9. The first-order valence-corrected chi connectivity index (χ1v) is 6.93. The van der Waals surface area contributed by atoms with Crippen LogP contribution in [-0.2, 0) is 5.54 Å². The van der Waals surface area contributed by atoms with Gasteiger partial charge in [0.2, 0.25) is 0 Å². The second kappa shape index (κ2) is 6.47. The van der Waals surface area contributed by atoms with Gasteiger partial charge in [0.05, 0.1) is 19.8 Å². The molecule has 0 bridgehead atoms. The number of hydrogen-bond acceptors (Lipinski definition) is 4. The van der Waals surface area contributed by atoms with Crippen LogP contribution in [0.4, 0.5) is 0 Å². The number of nitrogens with one attached hydrogen (secondary N) is 1. The summed E-state index contributed by atoms with van der Waals surface area (Å²) in [5.41, 5.74) is 0.990. The van der Waals surface area contributed by atoms with Gasteiger partial charge < -0.3 is 14.8 Å². The minimum absolute atomic E-state index is 0.178. The largest absolute Gasteiger partial charge is 0.493 e. The average molecular weight is 300 g/mol. The number of benzene rings is 1. The molecule has 0 atom stereocenters. The highest BCUT2D eigenvalue weighted by Gasteiger charge is 2.23. The molecule has 0 radical (unpaired) electrons. The number of aromatic nitrogens is 1. The fourth-order valence-electron chi connectivity index (χ4n) is 2.17. The molecule has 1 aromatic carbocycles. The van der Waals surface area contributed by atoms with Crippen LogP contribution in [0.1, 0.15) is 29.8 Å². The van der Waals surface area contributed by atoms with Crippen molar-refractivity contribution < 1.29 is 14.3 Å². The fourth-order valence-corrected chi connectivity index (χ4v) is 2.17. The minimum Gasteiger partial charge on any atom is -0.493 e. The van der Waals surface area contributed by atoms with E-state index in [2.05, 4.69) is 10.3 Å². The summed E-state index contributed by atoms with van der Waals surface area (Å²) in [7, 11) is 3.10. The Morgan fingerprint density at radius 1 is 1.05 bits per heavy atom. The molecule has 1 amide bonds. The molecule has 5 nitrogen and oxygen atoms in total. The maximum atomic E-state index is 12.5. The summed E-state index contributed by atoms with van der Waals surface area (Å²) in [6.07, 6.45) is 3.42. The number of ether oxygens (including phenoxy) is 2. The molecule has 0 spiro atoms. The van der Waals surface area contributed by atoms with Gasteiger partial charge in [-0.3, -0.25) is 9.78 Å². The molecule has 0 fully saturated rings. The van der Waals surface area contributed by atoms with Crippen LogP contribution in [0.5, 0.6) is 11.5 Å². The van der Waals surface area contributed by atoms with Crippen LogP contribution in [0.25, 0.3) is 0 Å². The van der Waals surface area contributed by atoms with Crippen LogP contribution in [0, 0.1) is 0 Å². The van der Waals surface area contributed by atoms with E-state index in [-0.39, 0.29) is 5.91 Å². The van der Waals surface area contributed by atoms with E-state index in [1.165, 1.54) is 0 Å². The number of hydrogen-bond donors (Lipinski definition) is 1. The number of rotatable bonds is 5. The van der Waals surface area contributed by atoms with E-state index in [9.17, 15) is 4.79 Å². The van der Waals surface area contributed by atoms with E-state index in [0.29, 0.717) is 17.1 Å². The zero-order valence-corrected chi connectivity index (χ0v) is 13.2. The van der Waals surface area contributed by atoms with Crippen LogP contribution in [0.15, 0.2) is 42.7 Å². The van der Waals surface area contributed by atoms with E-state index in [1.807, 2.05) is 26.0 Å². The second-order valence-electron chi connectivity index (χ2n) is 5.38. The van der Waals surface area contributed by atoms with E-state index in [0.717, 1.165) is 5.56 Å². The van der Waals surface area contributed by atoms with E-state index in [1.54, 1.807) is 44.8 Å². The van der Waals surface area contributed by atoms with Crippen LogP contribution in [0.3, 0.4) is 0 Å². The number of methoxy groups -OCH3 is 2. The van der Waals surface area contributed by atoms with Crippen molar-refractivity contribution in [3.05, 3.63) is 53.9 Å². The molecule has 2 aromatic rings. The van der Waals surface area contributed by atoms with Gasteiger partial charge in [0.1, 0.15) is 0 Å².